The van der Waals surface area contributed by atoms with Crippen LogP contribution in [0.1, 0.15) is 18.0 Å². The third-order valence-corrected chi connectivity index (χ3v) is 2.12. The molecule has 78 valence electrons. The molecule has 0 aliphatic carbocycles. The highest BCUT2D eigenvalue weighted by molar-refractivity contribution is 6.30. The number of hydrogen-bond acceptors (Lipinski definition) is 3. The molecule has 14 heavy (non-hydrogen) atoms. The summed E-state index contributed by atoms with van der Waals surface area (Å²) in [6, 6.07) is 1.78. The van der Waals surface area contributed by atoms with Gasteiger partial charge in [0.25, 0.3) is 0 Å². The van der Waals surface area contributed by atoms with Crippen molar-refractivity contribution < 1.29 is 14.6 Å². The first-order valence-electron chi connectivity index (χ1n) is 4.10. The fourth-order valence-electron chi connectivity index (χ4n) is 1.16. The number of nitrogens with two attached hydrogens (primary N) is 1. The quantitative estimate of drug-likeness (QED) is 0.723. The first kappa shape index (κ1) is 11.2. The number of aliphatic hydroxyl groups excluding tert-OH is 1. The first-order chi connectivity index (χ1) is 6.56. The standard InChI is InChI=1S/C9H11ClFNO2/c10-5-3-6(8(12)1-2-13)9(14)7(11)4-5/h3-4,8,13-14H,1-2,12H2/t8-/m1/s1. The van der Waals surface area contributed by atoms with Gasteiger partial charge in [-0.05, 0) is 18.6 Å². The third kappa shape index (κ3) is 2.35. The van der Waals surface area contributed by atoms with E-state index in [1.54, 1.807) is 0 Å². The summed E-state index contributed by atoms with van der Waals surface area (Å²) in [5.74, 6) is -1.31. The molecule has 0 unspecified atom stereocenters. The average molecular weight is 220 g/mol. The molecule has 0 bridgehead atoms. The number of benzene rings is 1. The lowest BCUT2D eigenvalue weighted by Crippen LogP contribution is -2.12. The monoisotopic (exact) mass is 219 g/mol. The molecule has 0 aliphatic heterocycles. The van der Waals surface area contributed by atoms with Gasteiger partial charge in [0.2, 0.25) is 0 Å². The Morgan fingerprint density at radius 2 is 2.14 bits per heavy atom. The molecule has 4 N–H and O–H groups in total. The van der Waals surface area contributed by atoms with Crippen molar-refractivity contribution >= 4 is 11.6 Å². The van der Waals surface area contributed by atoms with E-state index in [-0.39, 0.29) is 23.6 Å². The topological polar surface area (TPSA) is 66.5 Å². The molecule has 0 aliphatic rings. The predicted molar refractivity (Wildman–Crippen MR) is 51.7 cm³/mol. The van der Waals surface area contributed by atoms with Gasteiger partial charge in [0.05, 0.1) is 0 Å². The van der Waals surface area contributed by atoms with Crippen molar-refractivity contribution in [2.75, 3.05) is 6.61 Å². The second-order valence-electron chi connectivity index (χ2n) is 2.94. The van der Waals surface area contributed by atoms with Gasteiger partial charge in [0.15, 0.2) is 11.6 Å². The van der Waals surface area contributed by atoms with Crippen LogP contribution in [-0.2, 0) is 0 Å². The number of aromatic hydroxyl groups is 1. The van der Waals surface area contributed by atoms with E-state index in [0.29, 0.717) is 0 Å². The fourth-order valence-corrected chi connectivity index (χ4v) is 1.38. The number of phenols is 1. The van der Waals surface area contributed by atoms with Gasteiger partial charge >= 0.3 is 0 Å². The normalized spacial score (nSPS) is 12.9. The van der Waals surface area contributed by atoms with Crippen LogP contribution < -0.4 is 5.73 Å². The Bertz CT molecular complexity index is 333. The second-order valence-corrected chi connectivity index (χ2v) is 3.38. The van der Waals surface area contributed by atoms with Crippen LogP contribution in [0, 0.1) is 5.82 Å². The molecule has 0 aromatic heterocycles. The van der Waals surface area contributed by atoms with Crippen LogP contribution in [0.3, 0.4) is 0 Å². The van der Waals surface area contributed by atoms with E-state index in [1.165, 1.54) is 6.07 Å². The zero-order valence-electron chi connectivity index (χ0n) is 7.37. The van der Waals surface area contributed by atoms with Gasteiger partial charge in [-0.2, -0.15) is 0 Å². The maximum absolute atomic E-state index is 13.0. The van der Waals surface area contributed by atoms with Crippen molar-refractivity contribution in [2.24, 2.45) is 5.73 Å². The molecule has 1 rings (SSSR count). The van der Waals surface area contributed by atoms with Crippen LogP contribution in [0.25, 0.3) is 0 Å². The van der Waals surface area contributed by atoms with Gasteiger partial charge in [-0.1, -0.05) is 11.6 Å². The van der Waals surface area contributed by atoms with Crippen molar-refractivity contribution in [3.63, 3.8) is 0 Å². The van der Waals surface area contributed by atoms with Gasteiger partial charge in [0, 0.05) is 23.2 Å². The molecule has 1 aromatic rings. The Labute approximate surface area is 85.9 Å². The third-order valence-electron chi connectivity index (χ3n) is 1.90. The molecule has 1 atom stereocenters. The van der Waals surface area contributed by atoms with Crippen molar-refractivity contribution in [2.45, 2.75) is 12.5 Å². The number of halogens is 2. The van der Waals surface area contributed by atoms with E-state index >= 15 is 0 Å². The van der Waals surface area contributed by atoms with Gasteiger partial charge in [-0.3, -0.25) is 0 Å². The summed E-state index contributed by atoms with van der Waals surface area (Å²) in [6.07, 6.45) is 0.243. The maximum Gasteiger partial charge on any atom is 0.166 e. The molecule has 0 amide bonds. The minimum absolute atomic E-state index is 0.130. The van der Waals surface area contributed by atoms with E-state index in [2.05, 4.69) is 0 Å². The molecule has 0 spiro atoms. The molecule has 5 heteroatoms. The Balaban J connectivity index is 3.07. The molecule has 0 radical (unpaired) electrons. The predicted octanol–water partition coefficient (Wildman–Crippen LogP) is 1.57. The van der Waals surface area contributed by atoms with Gasteiger partial charge < -0.3 is 15.9 Å². The van der Waals surface area contributed by atoms with Gasteiger partial charge in [-0.25, -0.2) is 4.39 Å². The Morgan fingerprint density at radius 3 is 2.71 bits per heavy atom. The van der Waals surface area contributed by atoms with Crippen molar-refractivity contribution in [3.8, 4) is 5.75 Å². The second kappa shape index (κ2) is 4.59. The highest BCUT2D eigenvalue weighted by Gasteiger charge is 2.15. The fraction of sp³-hybridized carbons (Fsp3) is 0.333. The Morgan fingerprint density at radius 1 is 1.50 bits per heavy atom. The summed E-state index contributed by atoms with van der Waals surface area (Å²) < 4.78 is 13.0. The van der Waals surface area contributed by atoms with E-state index in [1.807, 2.05) is 0 Å². The minimum Gasteiger partial charge on any atom is -0.505 e. The summed E-state index contributed by atoms with van der Waals surface area (Å²) in [4.78, 5) is 0. The summed E-state index contributed by atoms with van der Waals surface area (Å²) in [6.45, 7) is -0.130. The number of phenolic OH excluding ortho intramolecular Hbond substituents is 1. The molecule has 0 saturated carbocycles. The first-order valence-corrected chi connectivity index (χ1v) is 4.48. The maximum atomic E-state index is 13.0. The van der Waals surface area contributed by atoms with E-state index < -0.39 is 17.6 Å². The van der Waals surface area contributed by atoms with Crippen LogP contribution in [0.5, 0.6) is 5.75 Å². The minimum atomic E-state index is -0.805. The Kier molecular flexibility index (Phi) is 3.69. The SMILES string of the molecule is N[C@H](CCO)c1cc(Cl)cc(F)c1O. The zero-order valence-corrected chi connectivity index (χ0v) is 8.13. The number of hydrogen-bond donors (Lipinski definition) is 3. The molecule has 3 nitrogen and oxygen atoms in total. The molecular formula is C9H11ClFNO2. The summed E-state index contributed by atoms with van der Waals surface area (Å²) in [5, 5.41) is 18.1. The van der Waals surface area contributed by atoms with E-state index in [9.17, 15) is 9.50 Å². The molecular weight excluding hydrogens is 209 g/mol. The van der Waals surface area contributed by atoms with Gasteiger partial charge in [0.1, 0.15) is 0 Å². The van der Waals surface area contributed by atoms with Crippen molar-refractivity contribution in [1.29, 1.82) is 0 Å². The lowest BCUT2D eigenvalue weighted by Gasteiger charge is -2.12. The van der Waals surface area contributed by atoms with Crippen LogP contribution in [0.4, 0.5) is 4.39 Å². The number of rotatable bonds is 3. The Hall–Kier alpha value is -0.840. The van der Waals surface area contributed by atoms with E-state index in [4.69, 9.17) is 22.4 Å². The van der Waals surface area contributed by atoms with Crippen LogP contribution >= 0.6 is 11.6 Å². The number of aliphatic hydroxyl groups is 1. The largest absolute Gasteiger partial charge is 0.505 e. The molecule has 0 heterocycles. The van der Waals surface area contributed by atoms with Gasteiger partial charge in [-0.15, -0.1) is 0 Å². The van der Waals surface area contributed by atoms with Crippen LogP contribution in [0.2, 0.25) is 5.02 Å². The van der Waals surface area contributed by atoms with E-state index in [0.717, 1.165) is 6.07 Å². The molecule has 0 fully saturated rings. The highest BCUT2D eigenvalue weighted by Crippen LogP contribution is 2.30. The smallest absolute Gasteiger partial charge is 0.166 e. The zero-order chi connectivity index (χ0) is 10.7. The summed E-state index contributed by atoms with van der Waals surface area (Å²) in [5.41, 5.74) is 5.81. The molecule has 0 saturated heterocycles. The van der Waals surface area contributed by atoms with Crippen molar-refractivity contribution in [3.05, 3.63) is 28.5 Å². The highest BCUT2D eigenvalue weighted by atomic mass is 35.5. The van der Waals surface area contributed by atoms with Crippen LogP contribution in [0.15, 0.2) is 12.1 Å². The van der Waals surface area contributed by atoms with Crippen molar-refractivity contribution in [1.82, 2.24) is 0 Å². The lowest BCUT2D eigenvalue weighted by molar-refractivity contribution is 0.275. The average Bonchev–Trinajstić information content (AvgIpc) is 2.11. The summed E-state index contributed by atoms with van der Waals surface area (Å²) in [7, 11) is 0. The molecule has 1 aromatic carbocycles. The lowest BCUT2D eigenvalue weighted by atomic mass is 10.0. The summed E-state index contributed by atoms with van der Waals surface area (Å²) >= 11 is 5.60. The van der Waals surface area contributed by atoms with Crippen LogP contribution in [-0.4, -0.2) is 16.8 Å².